The van der Waals surface area contributed by atoms with E-state index in [-0.39, 0.29) is 0 Å². The molecule has 0 atom stereocenters. The molecule has 2 aromatic rings. The predicted octanol–water partition coefficient (Wildman–Crippen LogP) is 3.41. The first kappa shape index (κ1) is 16.0. The van der Waals surface area contributed by atoms with Crippen molar-refractivity contribution in [1.29, 1.82) is 0 Å². The van der Waals surface area contributed by atoms with Crippen molar-refractivity contribution in [3.8, 4) is 5.88 Å². The third kappa shape index (κ3) is 4.11. The van der Waals surface area contributed by atoms with E-state index in [9.17, 15) is 0 Å². The maximum absolute atomic E-state index is 5.84. The standard InChI is InChI=1S/C18H24N4OS/c1-13-8-17(20-12-19-13)23-10-14-4-6-22(7-5-14)9-16-11-24-18(21-16)15-2-3-15/h8,11-12,14-15H,2-7,9-10H2,1H3. The van der Waals surface area contributed by atoms with Gasteiger partial charge in [0.2, 0.25) is 5.88 Å². The quantitative estimate of drug-likeness (QED) is 0.804. The first-order valence-corrected chi connectivity index (χ1v) is 9.72. The molecule has 24 heavy (non-hydrogen) atoms. The normalized spacial score (nSPS) is 19.5. The molecule has 5 nitrogen and oxygen atoms in total. The second-order valence-corrected chi connectivity index (χ2v) is 7.87. The zero-order chi connectivity index (χ0) is 16.4. The smallest absolute Gasteiger partial charge is 0.216 e. The Bertz CT molecular complexity index is 677. The molecule has 128 valence electrons. The number of hydrogen-bond acceptors (Lipinski definition) is 6. The first-order chi connectivity index (χ1) is 11.8. The Balaban J connectivity index is 1.21. The summed E-state index contributed by atoms with van der Waals surface area (Å²) >= 11 is 1.85. The molecule has 1 aliphatic heterocycles. The number of likely N-dealkylation sites (tertiary alicyclic amines) is 1. The summed E-state index contributed by atoms with van der Waals surface area (Å²) in [6, 6.07) is 1.90. The third-order valence-electron chi connectivity index (χ3n) is 4.83. The molecule has 1 saturated heterocycles. The van der Waals surface area contributed by atoms with Crippen molar-refractivity contribution in [2.45, 2.75) is 45.1 Å². The van der Waals surface area contributed by atoms with E-state index in [4.69, 9.17) is 9.72 Å². The highest BCUT2D eigenvalue weighted by Gasteiger charge is 2.27. The van der Waals surface area contributed by atoms with Gasteiger partial charge in [-0.2, -0.15) is 0 Å². The molecule has 1 aliphatic carbocycles. The summed E-state index contributed by atoms with van der Waals surface area (Å²) in [6.45, 7) is 5.98. The van der Waals surface area contributed by atoms with Crippen molar-refractivity contribution in [1.82, 2.24) is 19.9 Å². The van der Waals surface area contributed by atoms with E-state index < -0.39 is 0 Å². The molecule has 1 saturated carbocycles. The molecular formula is C18H24N4OS. The monoisotopic (exact) mass is 344 g/mol. The third-order valence-corrected chi connectivity index (χ3v) is 5.89. The molecule has 2 aromatic heterocycles. The second kappa shape index (κ2) is 7.15. The fourth-order valence-corrected chi connectivity index (χ4v) is 4.15. The van der Waals surface area contributed by atoms with Crippen LogP contribution in [0.5, 0.6) is 5.88 Å². The van der Waals surface area contributed by atoms with E-state index in [1.165, 1.54) is 36.4 Å². The van der Waals surface area contributed by atoms with Crippen molar-refractivity contribution < 1.29 is 4.74 Å². The van der Waals surface area contributed by atoms with Gasteiger partial charge in [0.25, 0.3) is 0 Å². The van der Waals surface area contributed by atoms with Crippen molar-refractivity contribution >= 4 is 11.3 Å². The lowest BCUT2D eigenvalue weighted by Crippen LogP contribution is -2.35. The second-order valence-electron chi connectivity index (χ2n) is 6.98. The molecule has 4 rings (SSSR count). The number of thiazole rings is 1. The SMILES string of the molecule is Cc1cc(OCC2CCN(Cc3csc(C4CC4)n3)CC2)ncn1. The van der Waals surface area contributed by atoms with E-state index >= 15 is 0 Å². The molecule has 0 radical (unpaired) electrons. The Labute approximate surface area is 147 Å². The number of aromatic nitrogens is 3. The van der Waals surface area contributed by atoms with Crippen LogP contribution in [0.4, 0.5) is 0 Å². The zero-order valence-corrected chi connectivity index (χ0v) is 15.0. The Morgan fingerprint density at radius 1 is 1.21 bits per heavy atom. The summed E-state index contributed by atoms with van der Waals surface area (Å²) in [5, 5.41) is 3.61. The Hall–Kier alpha value is -1.53. The lowest BCUT2D eigenvalue weighted by Gasteiger charge is -2.31. The highest BCUT2D eigenvalue weighted by atomic mass is 32.1. The summed E-state index contributed by atoms with van der Waals surface area (Å²) in [4.78, 5) is 15.6. The molecule has 2 fully saturated rings. The number of aryl methyl sites for hydroxylation is 1. The highest BCUT2D eigenvalue weighted by Crippen LogP contribution is 2.41. The summed E-state index contributed by atoms with van der Waals surface area (Å²) in [5.74, 6) is 2.09. The Kier molecular flexibility index (Phi) is 4.76. The Morgan fingerprint density at radius 2 is 2.04 bits per heavy atom. The van der Waals surface area contributed by atoms with Gasteiger partial charge in [0.1, 0.15) is 6.33 Å². The van der Waals surface area contributed by atoms with Gasteiger partial charge in [-0.1, -0.05) is 0 Å². The van der Waals surface area contributed by atoms with E-state index in [1.807, 2.05) is 24.3 Å². The number of rotatable bonds is 6. The molecule has 0 aromatic carbocycles. The highest BCUT2D eigenvalue weighted by molar-refractivity contribution is 7.09. The van der Waals surface area contributed by atoms with E-state index in [0.717, 1.165) is 37.9 Å². The van der Waals surface area contributed by atoms with Crippen molar-refractivity contribution in [2.75, 3.05) is 19.7 Å². The predicted molar refractivity (Wildman–Crippen MR) is 94.4 cm³/mol. The minimum absolute atomic E-state index is 0.619. The zero-order valence-electron chi connectivity index (χ0n) is 14.1. The van der Waals surface area contributed by atoms with Gasteiger partial charge in [-0.05, 0) is 51.6 Å². The fourth-order valence-electron chi connectivity index (χ4n) is 3.17. The minimum Gasteiger partial charge on any atom is -0.477 e. The molecular weight excluding hydrogens is 320 g/mol. The fraction of sp³-hybridized carbons (Fsp3) is 0.611. The molecule has 0 N–H and O–H groups in total. The van der Waals surface area contributed by atoms with Gasteiger partial charge < -0.3 is 4.74 Å². The summed E-state index contributed by atoms with van der Waals surface area (Å²) in [6.07, 6.45) is 6.61. The van der Waals surface area contributed by atoms with Crippen LogP contribution >= 0.6 is 11.3 Å². The van der Waals surface area contributed by atoms with Crippen LogP contribution in [0.3, 0.4) is 0 Å². The topological polar surface area (TPSA) is 51.1 Å². The molecule has 0 spiro atoms. The maximum Gasteiger partial charge on any atom is 0.216 e. The van der Waals surface area contributed by atoms with Crippen LogP contribution in [0.25, 0.3) is 0 Å². The maximum atomic E-state index is 5.84. The van der Waals surface area contributed by atoms with Gasteiger partial charge in [0.15, 0.2) is 0 Å². The van der Waals surface area contributed by atoms with Crippen LogP contribution in [-0.2, 0) is 6.54 Å². The number of nitrogens with zero attached hydrogens (tertiary/aromatic N) is 4. The van der Waals surface area contributed by atoms with E-state index in [1.54, 1.807) is 6.33 Å². The summed E-state index contributed by atoms with van der Waals surface area (Å²) in [5.41, 5.74) is 2.21. The van der Waals surface area contributed by atoms with Gasteiger partial charge in [0.05, 0.1) is 17.3 Å². The first-order valence-electron chi connectivity index (χ1n) is 8.84. The average Bonchev–Trinajstić information content (AvgIpc) is 3.34. The van der Waals surface area contributed by atoms with Gasteiger partial charge in [-0.25, -0.2) is 15.0 Å². The molecule has 3 heterocycles. The van der Waals surface area contributed by atoms with Crippen LogP contribution in [0, 0.1) is 12.8 Å². The van der Waals surface area contributed by atoms with Gasteiger partial charge in [0, 0.05) is 29.6 Å². The molecule has 2 aliphatic rings. The number of ether oxygens (including phenoxy) is 1. The van der Waals surface area contributed by atoms with Crippen molar-refractivity contribution in [3.05, 3.63) is 34.2 Å². The van der Waals surface area contributed by atoms with Crippen LogP contribution in [0.15, 0.2) is 17.8 Å². The Morgan fingerprint density at radius 3 is 2.79 bits per heavy atom. The molecule has 0 amide bonds. The number of piperidine rings is 1. The lowest BCUT2D eigenvalue weighted by molar-refractivity contribution is 0.133. The molecule has 0 unspecified atom stereocenters. The van der Waals surface area contributed by atoms with Crippen LogP contribution < -0.4 is 4.74 Å². The van der Waals surface area contributed by atoms with Crippen molar-refractivity contribution in [2.24, 2.45) is 5.92 Å². The molecule has 6 heteroatoms. The van der Waals surface area contributed by atoms with Crippen LogP contribution in [-0.4, -0.2) is 39.5 Å². The average molecular weight is 344 g/mol. The van der Waals surface area contributed by atoms with Crippen molar-refractivity contribution in [3.63, 3.8) is 0 Å². The van der Waals surface area contributed by atoms with Crippen LogP contribution in [0.1, 0.15) is 48.0 Å². The van der Waals surface area contributed by atoms with E-state index in [2.05, 4.69) is 20.2 Å². The van der Waals surface area contributed by atoms with Gasteiger partial charge >= 0.3 is 0 Å². The van der Waals surface area contributed by atoms with Gasteiger partial charge in [-0.15, -0.1) is 11.3 Å². The van der Waals surface area contributed by atoms with E-state index in [0.29, 0.717) is 11.8 Å². The molecule has 0 bridgehead atoms. The van der Waals surface area contributed by atoms with Crippen LogP contribution in [0.2, 0.25) is 0 Å². The lowest BCUT2D eigenvalue weighted by atomic mass is 9.98. The summed E-state index contributed by atoms with van der Waals surface area (Å²) < 4.78 is 5.84. The number of hydrogen-bond donors (Lipinski definition) is 0. The largest absolute Gasteiger partial charge is 0.477 e. The minimum atomic E-state index is 0.619. The van der Waals surface area contributed by atoms with Gasteiger partial charge in [-0.3, -0.25) is 4.90 Å². The summed E-state index contributed by atoms with van der Waals surface area (Å²) in [7, 11) is 0.